The van der Waals surface area contributed by atoms with Crippen LogP contribution in [0.5, 0.6) is 0 Å². The van der Waals surface area contributed by atoms with E-state index in [0.29, 0.717) is 5.89 Å². The summed E-state index contributed by atoms with van der Waals surface area (Å²) >= 11 is 1.64. The van der Waals surface area contributed by atoms with Crippen LogP contribution in [-0.2, 0) is 12.8 Å². The zero-order chi connectivity index (χ0) is 15.8. The molecule has 23 heavy (non-hydrogen) atoms. The van der Waals surface area contributed by atoms with Crippen LogP contribution in [0.1, 0.15) is 45.3 Å². The molecule has 0 aliphatic heterocycles. The second kappa shape index (κ2) is 5.81. The highest BCUT2D eigenvalue weighted by Gasteiger charge is 2.17. The molecule has 0 radical (unpaired) electrons. The minimum atomic E-state index is -0.0392. The maximum absolute atomic E-state index is 12.5. The Balaban J connectivity index is 1.56. The lowest BCUT2D eigenvalue weighted by molar-refractivity contribution is 0.103. The zero-order valence-electron chi connectivity index (χ0n) is 13.0. The first-order valence-corrected chi connectivity index (χ1v) is 8.81. The number of aromatic nitrogens is 1. The summed E-state index contributed by atoms with van der Waals surface area (Å²) in [5.41, 5.74) is 3.62. The van der Waals surface area contributed by atoms with Gasteiger partial charge in [-0.25, -0.2) is 4.98 Å². The van der Waals surface area contributed by atoms with Gasteiger partial charge in [0, 0.05) is 17.5 Å². The van der Waals surface area contributed by atoms with E-state index < -0.39 is 0 Å². The Hall–Kier alpha value is -2.14. The SMILES string of the molecule is Cc1nc2cc(NC(=O)c3cc4c(s3)CCCCC4)ccc2o1. The number of rotatable bonds is 2. The Morgan fingerprint density at radius 1 is 1.22 bits per heavy atom. The molecule has 1 N–H and O–H groups in total. The van der Waals surface area contributed by atoms with E-state index in [1.807, 2.05) is 25.1 Å². The van der Waals surface area contributed by atoms with Gasteiger partial charge in [-0.3, -0.25) is 4.79 Å². The molecule has 4 rings (SSSR count). The lowest BCUT2D eigenvalue weighted by Crippen LogP contribution is -2.10. The fraction of sp³-hybridized carbons (Fsp3) is 0.333. The lowest BCUT2D eigenvalue weighted by Gasteiger charge is -2.03. The van der Waals surface area contributed by atoms with Crippen molar-refractivity contribution in [3.05, 3.63) is 45.5 Å². The van der Waals surface area contributed by atoms with Gasteiger partial charge in [-0.15, -0.1) is 11.3 Å². The molecule has 0 spiro atoms. The molecule has 5 heteroatoms. The molecule has 118 valence electrons. The van der Waals surface area contributed by atoms with Gasteiger partial charge in [-0.05, 0) is 55.5 Å². The van der Waals surface area contributed by atoms with Gasteiger partial charge >= 0.3 is 0 Å². The molecule has 4 nitrogen and oxygen atoms in total. The second-order valence-corrected chi connectivity index (χ2v) is 7.13. The first-order chi connectivity index (χ1) is 11.2. The van der Waals surface area contributed by atoms with Crippen LogP contribution >= 0.6 is 11.3 Å². The number of hydrogen-bond donors (Lipinski definition) is 1. The van der Waals surface area contributed by atoms with Gasteiger partial charge in [0.2, 0.25) is 0 Å². The van der Waals surface area contributed by atoms with Gasteiger partial charge in [0.05, 0.1) is 4.88 Å². The van der Waals surface area contributed by atoms with E-state index in [0.717, 1.165) is 34.5 Å². The number of aryl methyl sites for hydroxylation is 3. The summed E-state index contributed by atoms with van der Waals surface area (Å²) in [7, 11) is 0. The van der Waals surface area contributed by atoms with E-state index in [1.165, 1.54) is 29.7 Å². The number of thiophene rings is 1. The van der Waals surface area contributed by atoms with Gasteiger partial charge in [0.15, 0.2) is 11.5 Å². The zero-order valence-corrected chi connectivity index (χ0v) is 13.8. The predicted molar refractivity (Wildman–Crippen MR) is 92.3 cm³/mol. The van der Waals surface area contributed by atoms with Crippen LogP contribution < -0.4 is 5.32 Å². The number of nitrogens with one attached hydrogen (secondary N) is 1. The number of anilines is 1. The fourth-order valence-corrected chi connectivity index (χ4v) is 4.24. The van der Waals surface area contributed by atoms with Crippen molar-refractivity contribution in [2.45, 2.75) is 39.0 Å². The Kier molecular flexibility index (Phi) is 3.65. The maximum Gasteiger partial charge on any atom is 0.265 e. The van der Waals surface area contributed by atoms with Crippen LogP contribution in [0.3, 0.4) is 0 Å². The van der Waals surface area contributed by atoms with Gasteiger partial charge in [-0.2, -0.15) is 0 Å². The fourth-order valence-electron chi connectivity index (χ4n) is 3.09. The van der Waals surface area contributed by atoms with Crippen molar-refractivity contribution < 1.29 is 9.21 Å². The Morgan fingerprint density at radius 2 is 2.09 bits per heavy atom. The first kappa shape index (κ1) is 14.5. The number of benzene rings is 1. The quantitative estimate of drug-likeness (QED) is 0.693. The monoisotopic (exact) mass is 326 g/mol. The summed E-state index contributed by atoms with van der Waals surface area (Å²) in [6, 6.07) is 7.61. The smallest absolute Gasteiger partial charge is 0.265 e. The van der Waals surface area contributed by atoms with Gasteiger partial charge in [0.1, 0.15) is 5.52 Å². The van der Waals surface area contributed by atoms with Crippen LogP contribution in [0.2, 0.25) is 0 Å². The third-order valence-electron chi connectivity index (χ3n) is 4.22. The van der Waals surface area contributed by atoms with Crippen molar-refractivity contribution in [3.63, 3.8) is 0 Å². The number of carbonyl (C=O) groups excluding carboxylic acids is 1. The number of oxazole rings is 1. The minimum absolute atomic E-state index is 0.0392. The number of fused-ring (bicyclic) bond motifs is 2. The standard InChI is InChI=1S/C18H18N2O2S/c1-11-19-14-10-13(7-8-15(14)22-11)20-18(21)17-9-12-5-3-2-4-6-16(12)23-17/h7-10H,2-6H2,1H3,(H,20,21). The highest BCUT2D eigenvalue weighted by atomic mass is 32.1. The van der Waals surface area contributed by atoms with Gasteiger partial charge in [0.25, 0.3) is 5.91 Å². The van der Waals surface area contributed by atoms with Crippen molar-refractivity contribution >= 4 is 34.0 Å². The summed E-state index contributed by atoms with van der Waals surface area (Å²) in [6.07, 6.45) is 5.96. The van der Waals surface area contributed by atoms with Crippen molar-refractivity contribution in [1.29, 1.82) is 0 Å². The number of carbonyl (C=O) groups is 1. The first-order valence-electron chi connectivity index (χ1n) is 7.99. The molecule has 0 fully saturated rings. The van der Waals surface area contributed by atoms with Crippen LogP contribution in [0.4, 0.5) is 5.69 Å². The number of hydrogen-bond acceptors (Lipinski definition) is 4. The van der Waals surface area contributed by atoms with E-state index >= 15 is 0 Å². The largest absolute Gasteiger partial charge is 0.441 e. The van der Waals surface area contributed by atoms with E-state index in [-0.39, 0.29) is 5.91 Å². The average molecular weight is 326 g/mol. The topological polar surface area (TPSA) is 55.1 Å². The molecule has 1 amide bonds. The summed E-state index contributed by atoms with van der Waals surface area (Å²) in [4.78, 5) is 19.0. The molecule has 0 bridgehead atoms. The Labute approximate surface area is 138 Å². The third-order valence-corrected chi connectivity index (χ3v) is 5.46. The van der Waals surface area contributed by atoms with E-state index in [2.05, 4.69) is 16.4 Å². The van der Waals surface area contributed by atoms with Crippen molar-refractivity contribution in [1.82, 2.24) is 4.98 Å². The molecule has 2 aromatic heterocycles. The molecule has 1 aliphatic rings. The van der Waals surface area contributed by atoms with Crippen LogP contribution in [0.25, 0.3) is 11.1 Å². The molecular formula is C18H18N2O2S. The van der Waals surface area contributed by atoms with Gasteiger partial charge in [-0.1, -0.05) is 6.42 Å². The molecule has 1 aliphatic carbocycles. The number of amides is 1. The van der Waals surface area contributed by atoms with Crippen molar-refractivity contribution in [3.8, 4) is 0 Å². The Morgan fingerprint density at radius 3 is 3.00 bits per heavy atom. The van der Waals surface area contributed by atoms with E-state index in [4.69, 9.17) is 4.42 Å². The maximum atomic E-state index is 12.5. The summed E-state index contributed by atoms with van der Waals surface area (Å²) in [6.45, 7) is 1.82. The molecule has 2 heterocycles. The molecule has 0 atom stereocenters. The third kappa shape index (κ3) is 2.88. The van der Waals surface area contributed by atoms with Crippen LogP contribution in [0, 0.1) is 6.92 Å². The molecule has 0 saturated heterocycles. The molecule has 1 aromatic carbocycles. The summed E-state index contributed by atoms with van der Waals surface area (Å²) in [5.74, 6) is 0.591. The predicted octanol–water partition coefficient (Wildman–Crippen LogP) is 4.72. The Bertz CT molecular complexity index is 855. The van der Waals surface area contributed by atoms with E-state index in [9.17, 15) is 4.79 Å². The van der Waals surface area contributed by atoms with Crippen molar-refractivity contribution in [2.75, 3.05) is 5.32 Å². The highest BCUT2D eigenvalue weighted by molar-refractivity contribution is 7.14. The molecule has 0 unspecified atom stereocenters. The van der Waals surface area contributed by atoms with Crippen LogP contribution in [-0.4, -0.2) is 10.9 Å². The minimum Gasteiger partial charge on any atom is -0.441 e. The van der Waals surface area contributed by atoms with Gasteiger partial charge < -0.3 is 9.73 Å². The average Bonchev–Trinajstić information content (AvgIpc) is 3.03. The normalized spacial score (nSPS) is 14.5. The van der Waals surface area contributed by atoms with E-state index in [1.54, 1.807) is 11.3 Å². The lowest BCUT2D eigenvalue weighted by atomic mass is 10.1. The van der Waals surface area contributed by atoms with Crippen molar-refractivity contribution in [2.24, 2.45) is 0 Å². The van der Waals surface area contributed by atoms with Crippen LogP contribution in [0.15, 0.2) is 28.7 Å². The number of nitrogens with zero attached hydrogens (tertiary/aromatic N) is 1. The summed E-state index contributed by atoms with van der Waals surface area (Å²) < 4.78 is 5.46. The highest BCUT2D eigenvalue weighted by Crippen LogP contribution is 2.29. The molecular weight excluding hydrogens is 308 g/mol. The molecule has 3 aromatic rings. The molecule has 0 saturated carbocycles. The second-order valence-electron chi connectivity index (χ2n) is 5.99. The summed E-state index contributed by atoms with van der Waals surface area (Å²) in [5, 5.41) is 2.97.